The molecule has 1 aromatic heterocycles. The van der Waals surface area contributed by atoms with Crippen LogP contribution in [0.1, 0.15) is 32.6 Å². The first-order valence-corrected chi connectivity index (χ1v) is 9.66. The molecule has 0 radical (unpaired) electrons. The van der Waals surface area contributed by atoms with Gasteiger partial charge in [-0.2, -0.15) is 0 Å². The zero-order valence-electron chi connectivity index (χ0n) is 15.7. The summed E-state index contributed by atoms with van der Waals surface area (Å²) in [6.45, 7) is 5.22. The number of amides is 2. The van der Waals surface area contributed by atoms with Gasteiger partial charge >= 0.3 is 6.03 Å². The number of carbonyl (C=O) groups excluding carboxylic acids is 1. The van der Waals surface area contributed by atoms with Crippen LogP contribution in [-0.4, -0.2) is 41.6 Å². The molecule has 6 heteroatoms. The van der Waals surface area contributed by atoms with E-state index in [1.165, 1.54) is 31.4 Å². The highest BCUT2D eigenvalue weighted by atomic mass is 19.1. The van der Waals surface area contributed by atoms with Crippen LogP contribution in [0, 0.1) is 5.82 Å². The monoisotopic (exact) mass is 370 g/mol. The molecule has 2 N–H and O–H groups in total. The molecule has 2 aromatic rings. The van der Waals surface area contributed by atoms with Crippen LogP contribution in [0.4, 0.5) is 14.9 Å². The van der Waals surface area contributed by atoms with Crippen molar-refractivity contribution in [3.63, 3.8) is 0 Å². The predicted octanol–water partition coefficient (Wildman–Crippen LogP) is 4.27. The molecule has 0 saturated carbocycles. The average molecular weight is 370 g/mol. The minimum Gasteiger partial charge on any atom is -0.334 e. The molecule has 1 aliphatic heterocycles. The largest absolute Gasteiger partial charge is 0.334 e. The number of piperidine rings is 1. The molecule has 1 saturated heterocycles. The van der Waals surface area contributed by atoms with Crippen molar-refractivity contribution in [3.05, 3.63) is 48.4 Å². The minimum atomic E-state index is -0.274. The van der Waals surface area contributed by atoms with Crippen molar-refractivity contribution in [1.82, 2.24) is 15.2 Å². The van der Waals surface area contributed by atoms with E-state index in [1.807, 2.05) is 6.07 Å². The summed E-state index contributed by atoms with van der Waals surface area (Å²) in [6.07, 6.45) is 6.31. The van der Waals surface area contributed by atoms with E-state index in [9.17, 15) is 9.18 Å². The molecular formula is C21H27FN4O. The second kappa shape index (κ2) is 9.46. The van der Waals surface area contributed by atoms with Gasteiger partial charge in [0.15, 0.2) is 0 Å². The van der Waals surface area contributed by atoms with Gasteiger partial charge in [-0.1, -0.05) is 13.3 Å². The van der Waals surface area contributed by atoms with Crippen molar-refractivity contribution in [2.24, 2.45) is 0 Å². The van der Waals surface area contributed by atoms with Crippen LogP contribution in [0.3, 0.4) is 0 Å². The van der Waals surface area contributed by atoms with E-state index in [1.54, 1.807) is 24.4 Å². The molecule has 144 valence electrons. The number of benzene rings is 1. The second-order valence-electron chi connectivity index (χ2n) is 7.00. The zero-order valence-corrected chi connectivity index (χ0v) is 15.7. The zero-order chi connectivity index (χ0) is 19.1. The Hall–Kier alpha value is -2.47. The van der Waals surface area contributed by atoms with Gasteiger partial charge in [-0.3, -0.25) is 4.98 Å². The van der Waals surface area contributed by atoms with Gasteiger partial charge in [0.05, 0.1) is 17.6 Å². The van der Waals surface area contributed by atoms with Gasteiger partial charge in [0.1, 0.15) is 5.82 Å². The SMILES string of the molecule is CCC(CN1CCCCC1)NC(=O)Nc1ccc(-c2ccc(F)cc2)nc1. The van der Waals surface area contributed by atoms with Crippen LogP contribution < -0.4 is 10.6 Å². The van der Waals surface area contributed by atoms with Crippen LogP contribution in [0.15, 0.2) is 42.6 Å². The molecule has 5 nitrogen and oxygen atoms in total. The number of anilines is 1. The average Bonchev–Trinajstić information content (AvgIpc) is 2.69. The Morgan fingerprint density at radius 3 is 2.52 bits per heavy atom. The summed E-state index contributed by atoms with van der Waals surface area (Å²) in [4.78, 5) is 19.1. The number of carbonyl (C=O) groups is 1. The maximum absolute atomic E-state index is 13.0. The molecule has 0 aliphatic carbocycles. The van der Waals surface area contributed by atoms with E-state index in [2.05, 4.69) is 27.4 Å². The van der Waals surface area contributed by atoms with Crippen molar-refractivity contribution in [2.45, 2.75) is 38.6 Å². The molecule has 27 heavy (non-hydrogen) atoms. The number of nitrogens with one attached hydrogen (secondary N) is 2. The maximum Gasteiger partial charge on any atom is 0.319 e. The van der Waals surface area contributed by atoms with E-state index in [4.69, 9.17) is 0 Å². The van der Waals surface area contributed by atoms with Crippen molar-refractivity contribution in [3.8, 4) is 11.3 Å². The fraction of sp³-hybridized carbons (Fsp3) is 0.429. The molecule has 2 amide bonds. The van der Waals surface area contributed by atoms with E-state index in [0.717, 1.165) is 37.3 Å². The number of pyridine rings is 1. The summed E-state index contributed by atoms with van der Waals surface area (Å²) < 4.78 is 13.0. The number of halogens is 1. The molecule has 1 fully saturated rings. The highest BCUT2D eigenvalue weighted by Gasteiger charge is 2.17. The first-order chi connectivity index (χ1) is 13.1. The van der Waals surface area contributed by atoms with Crippen LogP contribution >= 0.6 is 0 Å². The Labute approximate surface area is 160 Å². The minimum absolute atomic E-state index is 0.134. The third kappa shape index (κ3) is 5.76. The first kappa shape index (κ1) is 19.3. The van der Waals surface area contributed by atoms with Gasteiger partial charge in [-0.25, -0.2) is 9.18 Å². The predicted molar refractivity (Wildman–Crippen MR) is 106 cm³/mol. The Balaban J connectivity index is 1.52. The van der Waals surface area contributed by atoms with Gasteiger partial charge in [-0.05, 0) is 68.8 Å². The lowest BCUT2D eigenvalue weighted by atomic mass is 10.1. The molecule has 1 aromatic carbocycles. The molecule has 0 spiro atoms. The van der Waals surface area contributed by atoms with Crippen LogP contribution in [0.5, 0.6) is 0 Å². The molecule has 0 bridgehead atoms. The summed E-state index contributed by atoms with van der Waals surface area (Å²) in [5, 5.41) is 5.89. The molecular weight excluding hydrogens is 343 g/mol. The summed E-state index contributed by atoms with van der Waals surface area (Å²) in [6, 6.07) is 9.72. The topological polar surface area (TPSA) is 57.3 Å². The first-order valence-electron chi connectivity index (χ1n) is 9.66. The fourth-order valence-electron chi connectivity index (χ4n) is 3.34. The Morgan fingerprint density at radius 1 is 1.15 bits per heavy atom. The number of likely N-dealkylation sites (tertiary alicyclic amines) is 1. The van der Waals surface area contributed by atoms with E-state index >= 15 is 0 Å². The Kier molecular flexibility index (Phi) is 6.76. The van der Waals surface area contributed by atoms with Crippen LogP contribution in [0.2, 0.25) is 0 Å². The summed E-state index contributed by atoms with van der Waals surface area (Å²) in [7, 11) is 0. The van der Waals surface area contributed by atoms with Crippen molar-refractivity contribution in [2.75, 3.05) is 25.0 Å². The van der Waals surface area contributed by atoms with E-state index in [-0.39, 0.29) is 17.9 Å². The molecule has 1 unspecified atom stereocenters. The lowest BCUT2D eigenvalue weighted by Gasteiger charge is -2.30. The summed E-state index contributed by atoms with van der Waals surface area (Å²) in [5.74, 6) is -0.274. The van der Waals surface area contributed by atoms with Crippen molar-refractivity contribution >= 4 is 11.7 Å². The molecule has 3 rings (SSSR count). The van der Waals surface area contributed by atoms with Gasteiger partial charge in [0.25, 0.3) is 0 Å². The standard InChI is InChI=1S/C21H27FN4O/c1-2-18(15-26-12-4-3-5-13-26)24-21(27)25-19-10-11-20(23-14-19)16-6-8-17(22)9-7-16/h6-11,14,18H,2-5,12-13,15H2,1H3,(H2,24,25,27). The van der Waals surface area contributed by atoms with Crippen LogP contribution in [-0.2, 0) is 0 Å². The summed E-state index contributed by atoms with van der Waals surface area (Å²) >= 11 is 0. The quantitative estimate of drug-likeness (QED) is 0.798. The third-order valence-electron chi connectivity index (χ3n) is 4.92. The number of hydrogen-bond acceptors (Lipinski definition) is 3. The smallest absolute Gasteiger partial charge is 0.319 e. The normalized spacial score (nSPS) is 15.9. The number of aromatic nitrogens is 1. The van der Waals surface area contributed by atoms with Gasteiger partial charge in [0, 0.05) is 18.2 Å². The molecule has 1 atom stereocenters. The molecule has 2 heterocycles. The van der Waals surface area contributed by atoms with Crippen LogP contribution in [0.25, 0.3) is 11.3 Å². The van der Waals surface area contributed by atoms with E-state index < -0.39 is 0 Å². The lowest BCUT2D eigenvalue weighted by Crippen LogP contribution is -2.46. The highest BCUT2D eigenvalue weighted by Crippen LogP contribution is 2.19. The maximum atomic E-state index is 13.0. The Bertz CT molecular complexity index is 727. The Morgan fingerprint density at radius 2 is 1.89 bits per heavy atom. The van der Waals surface area contributed by atoms with Gasteiger partial charge < -0.3 is 15.5 Å². The highest BCUT2D eigenvalue weighted by molar-refractivity contribution is 5.89. The van der Waals surface area contributed by atoms with Gasteiger partial charge in [0.2, 0.25) is 0 Å². The second-order valence-corrected chi connectivity index (χ2v) is 7.00. The third-order valence-corrected chi connectivity index (χ3v) is 4.92. The van der Waals surface area contributed by atoms with Crippen molar-refractivity contribution in [1.29, 1.82) is 0 Å². The summed E-state index contributed by atoms with van der Waals surface area (Å²) in [5.41, 5.74) is 2.20. The number of rotatable bonds is 6. The number of urea groups is 1. The van der Waals surface area contributed by atoms with Gasteiger partial charge in [-0.15, -0.1) is 0 Å². The number of hydrogen-bond donors (Lipinski definition) is 2. The fourth-order valence-corrected chi connectivity index (χ4v) is 3.34. The van der Waals surface area contributed by atoms with E-state index in [0.29, 0.717) is 5.69 Å². The van der Waals surface area contributed by atoms with Crippen molar-refractivity contribution < 1.29 is 9.18 Å². The lowest BCUT2D eigenvalue weighted by molar-refractivity contribution is 0.200. The molecule has 1 aliphatic rings. The number of nitrogens with zero attached hydrogens (tertiary/aromatic N) is 2.